The largest absolute Gasteiger partial charge is 0.325 e. The number of amides is 3. The fraction of sp³-hybridized carbons (Fsp3) is 0.105. The zero-order valence-electron chi connectivity index (χ0n) is 14.7. The summed E-state index contributed by atoms with van der Waals surface area (Å²) in [6, 6.07) is 12.4. The lowest BCUT2D eigenvalue weighted by Crippen LogP contribution is -2.19. The van der Waals surface area contributed by atoms with Crippen molar-refractivity contribution in [1.29, 1.82) is 0 Å². The van der Waals surface area contributed by atoms with Crippen LogP contribution in [-0.2, 0) is 0 Å². The van der Waals surface area contributed by atoms with Crippen LogP contribution in [0, 0.1) is 19.7 Å². The van der Waals surface area contributed by atoms with Crippen molar-refractivity contribution in [3.8, 4) is 0 Å². The number of nitrogens with zero attached hydrogens (tertiary/aromatic N) is 1. The van der Waals surface area contributed by atoms with Crippen molar-refractivity contribution in [1.82, 2.24) is 4.98 Å². The molecule has 3 N–H and O–H groups in total. The molecule has 0 unspecified atom stereocenters. The summed E-state index contributed by atoms with van der Waals surface area (Å²) < 4.78 is 12.9. The van der Waals surface area contributed by atoms with Crippen LogP contribution < -0.4 is 16.0 Å². The quantitative estimate of drug-likeness (QED) is 0.604. The Labute approximate surface area is 159 Å². The van der Waals surface area contributed by atoms with Gasteiger partial charge in [-0.2, -0.15) is 0 Å². The van der Waals surface area contributed by atoms with Crippen LogP contribution in [-0.4, -0.2) is 16.9 Å². The molecular formula is C19H17FN4O2S. The van der Waals surface area contributed by atoms with E-state index in [9.17, 15) is 14.0 Å². The molecule has 8 heteroatoms. The highest BCUT2D eigenvalue weighted by Crippen LogP contribution is 2.24. The minimum absolute atomic E-state index is 0.307. The maximum absolute atomic E-state index is 12.9. The summed E-state index contributed by atoms with van der Waals surface area (Å²) in [5, 5.41) is 8.32. The number of aryl methyl sites for hydroxylation is 2. The van der Waals surface area contributed by atoms with Crippen molar-refractivity contribution in [2.75, 3.05) is 16.0 Å². The minimum Gasteiger partial charge on any atom is -0.321 e. The number of anilines is 3. The van der Waals surface area contributed by atoms with Crippen LogP contribution >= 0.6 is 11.3 Å². The predicted octanol–water partition coefficient (Wildman–Crippen LogP) is 4.80. The second-order valence-electron chi connectivity index (χ2n) is 5.84. The standard InChI is InChI=1S/C19H17FN4O2S/c1-11-4-3-5-15(10-11)23-18(26)24-19-21-12(2)16(27-19)17(25)22-14-8-6-13(20)7-9-14/h3-10H,1-2H3,(H,22,25)(H2,21,23,24,26). The number of nitrogens with one attached hydrogen (secondary N) is 3. The lowest BCUT2D eigenvalue weighted by molar-refractivity contribution is 0.102. The number of urea groups is 1. The summed E-state index contributed by atoms with van der Waals surface area (Å²) in [5.74, 6) is -0.753. The lowest BCUT2D eigenvalue weighted by atomic mass is 10.2. The molecule has 0 saturated heterocycles. The molecule has 6 nitrogen and oxygen atoms in total. The molecule has 2 aromatic carbocycles. The van der Waals surface area contributed by atoms with Crippen molar-refractivity contribution in [2.45, 2.75) is 13.8 Å². The summed E-state index contributed by atoms with van der Waals surface area (Å²) in [4.78, 5) is 29.1. The summed E-state index contributed by atoms with van der Waals surface area (Å²) in [7, 11) is 0. The van der Waals surface area contributed by atoms with Crippen molar-refractivity contribution in [2.24, 2.45) is 0 Å². The fourth-order valence-electron chi connectivity index (χ4n) is 2.36. The average Bonchev–Trinajstić information content (AvgIpc) is 2.97. The van der Waals surface area contributed by atoms with Crippen LogP contribution in [0.15, 0.2) is 48.5 Å². The maximum atomic E-state index is 12.9. The third kappa shape index (κ3) is 4.89. The van der Waals surface area contributed by atoms with Gasteiger partial charge in [-0.1, -0.05) is 23.5 Å². The normalized spacial score (nSPS) is 10.3. The Morgan fingerprint density at radius 3 is 2.41 bits per heavy atom. The van der Waals surface area contributed by atoms with Gasteiger partial charge >= 0.3 is 6.03 Å². The molecule has 3 rings (SSSR count). The topological polar surface area (TPSA) is 83.1 Å². The smallest absolute Gasteiger partial charge is 0.321 e. The average molecular weight is 384 g/mol. The Hall–Kier alpha value is -3.26. The molecule has 0 radical (unpaired) electrons. The molecule has 0 atom stereocenters. The zero-order valence-corrected chi connectivity index (χ0v) is 15.5. The monoisotopic (exact) mass is 384 g/mol. The van der Waals surface area contributed by atoms with Gasteiger partial charge in [0.25, 0.3) is 5.91 Å². The van der Waals surface area contributed by atoms with Crippen LogP contribution in [0.1, 0.15) is 20.9 Å². The maximum Gasteiger partial charge on any atom is 0.325 e. The number of hydrogen-bond donors (Lipinski definition) is 3. The Morgan fingerprint density at radius 2 is 1.70 bits per heavy atom. The van der Waals surface area contributed by atoms with E-state index in [1.54, 1.807) is 13.0 Å². The van der Waals surface area contributed by atoms with Crippen molar-refractivity contribution in [3.05, 3.63) is 70.5 Å². The van der Waals surface area contributed by atoms with Crippen LogP contribution in [0.5, 0.6) is 0 Å². The van der Waals surface area contributed by atoms with Gasteiger partial charge in [-0.15, -0.1) is 0 Å². The highest BCUT2D eigenvalue weighted by molar-refractivity contribution is 7.17. The van der Waals surface area contributed by atoms with E-state index in [1.807, 2.05) is 25.1 Å². The van der Waals surface area contributed by atoms with Gasteiger partial charge in [0.15, 0.2) is 5.13 Å². The molecule has 0 aliphatic rings. The summed E-state index contributed by atoms with van der Waals surface area (Å²) >= 11 is 1.06. The second kappa shape index (κ2) is 7.96. The Bertz CT molecular complexity index is 986. The number of halogens is 1. The number of carbonyl (C=O) groups is 2. The molecule has 0 aliphatic heterocycles. The summed E-state index contributed by atoms with van der Waals surface area (Å²) in [6.45, 7) is 3.61. The first kappa shape index (κ1) is 18.5. The van der Waals surface area contributed by atoms with Crippen molar-refractivity contribution >= 4 is 39.8 Å². The Kier molecular flexibility index (Phi) is 5.46. The Balaban J connectivity index is 1.65. The first-order valence-electron chi connectivity index (χ1n) is 8.10. The number of benzene rings is 2. The van der Waals surface area contributed by atoms with Crippen molar-refractivity contribution in [3.63, 3.8) is 0 Å². The van der Waals surface area contributed by atoms with Crippen LogP contribution in [0.4, 0.5) is 25.7 Å². The molecule has 0 spiro atoms. The van der Waals surface area contributed by atoms with Crippen LogP contribution in [0.2, 0.25) is 0 Å². The molecule has 0 saturated carbocycles. The fourth-order valence-corrected chi connectivity index (χ4v) is 3.22. The number of rotatable bonds is 4. The van der Waals surface area contributed by atoms with Gasteiger partial charge in [-0.3, -0.25) is 10.1 Å². The molecule has 1 aromatic heterocycles. The van der Waals surface area contributed by atoms with E-state index in [1.165, 1.54) is 24.3 Å². The zero-order chi connectivity index (χ0) is 19.4. The van der Waals surface area contributed by atoms with E-state index in [-0.39, 0.29) is 11.7 Å². The molecule has 0 aliphatic carbocycles. The van der Waals surface area contributed by atoms with Gasteiger partial charge in [0.1, 0.15) is 10.7 Å². The molecule has 1 heterocycles. The highest BCUT2D eigenvalue weighted by Gasteiger charge is 2.17. The van der Waals surface area contributed by atoms with E-state index in [0.29, 0.717) is 27.1 Å². The number of carbonyl (C=O) groups excluding carboxylic acids is 2. The first-order chi connectivity index (χ1) is 12.9. The predicted molar refractivity (Wildman–Crippen MR) is 105 cm³/mol. The molecule has 138 valence electrons. The van der Waals surface area contributed by atoms with Crippen LogP contribution in [0.25, 0.3) is 0 Å². The van der Waals surface area contributed by atoms with Crippen molar-refractivity contribution < 1.29 is 14.0 Å². The van der Waals surface area contributed by atoms with E-state index in [0.717, 1.165) is 16.9 Å². The second-order valence-corrected chi connectivity index (χ2v) is 6.84. The highest BCUT2D eigenvalue weighted by atomic mass is 32.1. The van der Waals surface area contributed by atoms with E-state index in [4.69, 9.17) is 0 Å². The SMILES string of the molecule is Cc1cccc(NC(=O)Nc2nc(C)c(C(=O)Nc3ccc(F)cc3)s2)c1. The van der Waals surface area contributed by atoms with Gasteiger partial charge < -0.3 is 10.6 Å². The van der Waals surface area contributed by atoms with E-state index in [2.05, 4.69) is 20.9 Å². The number of hydrogen-bond acceptors (Lipinski definition) is 4. The Morgan fingerprint density at radius 1 is 0.963 bits per heavy atom. The molecule has 0 fully saturated rings. The molecule has 0 bridgehead atoms. The first-order valence-corrected chi connectivity index (χ1v) is 8.91. The minimum atomic E-state index is -0.445. The van der Waals surface area contributed by atoms with Gasteiger partial charge in [0.2, 0.25) is 0 Å². The molecule has 3 aromatic rings. The molecular weight excluding hydrogens is 367 g/mol. The van der Waals surface area contributed by atoms with E-state index >= 15 is 0 Å². The summed E-state index contributed by atoms with van der Waals surface area (Å²) in [5.41, 5.74) is 2.65. The number of aromatic nitrogens is 1. The van der Waals surface area contributed by atoms with Crippen LogP contribution in [0.3, 0.4) is 0 Å². The lowest BCUT2D eigenvalue weighted by Gasteiger charge is -2.05. The molecule has 27 heavy (non-hydrogen) atoms. The van der Waals surface area contributed by atoms with E-state index < -0.39 is 6.03 Å². The van der Waals surface area contributed by atoms with Gasteiger partial charge in [0, 0.05) is 11.4 Å². The third-order valence-corrected chi connectivity index (χ3v) is 4.67. The molecule has 3 amide bonds. The van der Waals surface area contributed by atoms with Gasteiger partial charge in [0.05, 0.1) is 5.69 Å². The summed E-state index contributed by atoms with van der Waals surface area (Å²) in [6.07, 6.45) is 0. The van der Waals surface area contributed by atoms with Gasteiger partial charge in [-0.25, -0.2) is 14.2 Å². The number of thiazole rings is 1. The third-order valence-electron chi connectivity index (χ3n) is 3.60. The van der Waals surface area contributed by atoms with Gasteiger partial charge in [-0.05, 0) is 55.8 Å².